The maximum Gasteiger partial charge on any atom is 0.238 e. The summed E-state index contributed by atoms with van der Waals surface area (Å²) < 4.78 is 0. The third kappa shape index (κ3) is 2.54. The Labute approximate surface area is 116 Å². The van der Waals surface area contributed by atoms with Crippen LogP contribution in [0.3, 0.4) is 0 Å². The van der Waals surface area contributed by atoms with E-state index in [0.29, 0.717) is 5.41 Å². The van der Waals surface area contributed by atoms with Crippen molar-refractivity contribution in [3.05, 3.63) is 0 Å². The largest absolute Gasteiger partial charge is 0.344 e. The van der Waals surface area contributed by atoms with Crippen LogP contribution in [0.15, 0.2) is 0 Å². The number of hydrogen-bond acceptors (Lipinski definition) is 2. The van der Waals surface area contributed by atoms with E-state index in [1.165, 1.54) is 44.9 Å². The molecule has 4 saturated carbocycles. The Balaban J connectivity index is 1.59. The first-order valence-corrected chi connectivity index (χ1v) is 7.98. The van der Waals surface area contributed by atoms with Crippen LogP contribution in [-0.4, -0.2) is 30.4 Å². The lowest BCUT2D eigenvalue weighted by Crippen LogP contribution is -2.48. The minimum Gasteiger partial charge on any atom is -0.344 e. The molecule has 108 valence electrons. The Hall–Kier alpha value is -0.570. The van der Waals surface area contributed by atoms with Gasteiger partial charge in [-0.3, -0.25) is 4.79 Å². The van der Waals surface area contributed by atoms with Crippen LogP contribution in [0.25, 0.3) is 0 Å². The predicted molar refractivity (Wildman–Crippen MR) is 76.5 cm³/mol. The molecule has 4 aliphatic rings. The summed E-state index contributed by atoms with van der Waals surface area (Å²) in [4.78, 5) is 13.7. The molecule has 0 aromatic rings. The Morgan fingerprint density at radius 2 is 1.68 bits per heavy atom. The van der Waals surface area contributed by atoms with Crippen LogP contribution >= 0.6 is 0 Å². The third-order valence-electron chi connectivity index (χ3n) is 5.91. The molecule has 0 aromatic heterocycles. The van der Waals surface area contributed by atoms with Crippen LogP contribution in [-0.2, 0) is 4.79 Å². The summed E-state index contributed by atoms with van der Waals surface area (Å²) in [6.45, 7) is 2.68. The van der Waals surface area contributed by atoms with Gasteiger partial charge in [-0.2, -0.15) is 0 Å². The lowest BCUT2D eigenvalue weighted by atomic mass is 9.49. The van der Waals surface area contributed by atoms with Gasteiger partial charge in [-0.15, -0.1) is 0 Å². The van der Waals surface area contributed by atoms with Crippen molar-refractivity contribution < 1.29 is 4.79 Å². The van der Waals surface area contributed by atoms with Gasteiger partial charge in [0.2, 0.25) is 5.91 Å². The van der Waals surface area contributed by atoms with Crippen molar-refractivity contribution in [3.8, 4) is 0 Å². The summed E-state index contributed by atoms with van der Waals surface area (Å²) in [6.07, 6.45) is 9.97. The minimum atomic E-state index is -0.360. The number of carbonyl (C=O) groups excluding carboxylic acids is 1. The fourth-order valence-corrected chi connectivity index (χ4v) is 5.46. The van der Waals surface area contributed by atoms with Gasteiger partial charge in [0.05, 0.1) is 6.04 Å². The second-order valence-corrected chi connectivity index (χ2v) is 7.72. The monoisotopic (exact) mass is 264 g/mol. The van der Waals surface area contributed by atoms with E-state index >= 15 is 0 Å². The molecule has 3 nitrogen and oxygen atoms in total. The van der Waals surface area contributed by atoms with E-state index < -0.39 is 0 Å². The molecule has 4 bridgehead atoms. The second kappa shape index (κ2) is 4.76. The molecule has 1 atom stereocenters. The zero-order chi connectivity index (χ0) is 13.6. The average Bonchev–Trinajstić information content (AvgIpc) is 2.33. The van der Waals surface area contributed by atoms with Crippen LogP contribution in [0, 0.1) is 23.2 Å². The first-order chi connectivity index (χ1) is 8.97. The number of amides is 1. The summed E-state index contributed by atoms with van der Waals surface area (Å²) in [7, 11) is 1.91. The number of likely N-dealkylation sites (N-methyl/N-ethyl adjacent to an activating group) is 1. The molecule has 0 saturated heterocycles. The molecular formula is C16H28N2O. The highest BCUT2D eigenvalue weighted by Gasteiger charge is 2.50. The van der Waals surface area contributed by atoms with Gasteiger partial charge < -0.3 is 10.6 Å². The summed E-state index contributed by atoms with van der Waals surface area (Å²) in [6, 6.07) is -0.360. The number of carbonyl (C=O) groups is 1. The minimum absolute atomic E-state index is 0.0877. The highest BCUT2D eigenvalue weighted by Crippen LogP contribution is 2.61. The Morgan fingerprint density at radius 1 is 1.21 bits per heavy atom. The molecule has 1 amide bonds. The fraction of sp³-hybridized carbons (Fsp3) is 0.938. The summed E-state index contributed by atoms with van der Waals surface area (Å²) in [5.41, 5.74) is 6.25. The number of nitrogens with zero attached hydrogens (tertiary/aromatic N) is 1. The van der Waals surface area contributed by atoms with Crippen molar-refractivity contribution in [1.82, 2.24) is 4.90 Å². The average molecular weight is 264 g/mol. The lowest BCUT2D eigenvalue weighted by Gasteiger charge is -2.57. The number of nitrogens with two attached hydrogens (primary N) is 1. The first kappa shape index (κ1) is 13.4. The molecule has 0 aliphatic heterocycles. The lowest BCUT2D eigenvalue weighted by molar-refractivity contribution is -0.132. The topological polar surface area (TPSA) is 46.3 Å². The van der Waals surface area contributed by atoms with Crippen molar-refractivity contribution in [2.45, 2.75) is 57.9 Å². The molecule has 2 N–H and O–H groups in total. The van der Waals surface area contributed by atoms with Gasteiger partial charge in [0.25, 0.3) is 0 Å². The van der Waals surface area contributed by atoms with Gasteiger partial charge in [0, 0.05) is 13.6 Å². The van der Waals surface area contributed by atoms with E-state index in [9.17, 15) is 4.79 Å². The standard InChI is InChI=1S/C16H28N2O/c1-11(17)15(19)18(2)4-3-16-8-12-5-13(9-16)7-14(6-12)10-16/h11-14H,3-10,17H2,1-2H3. The Kier molecular flexibility index (Phi) is 3.36. The van der Waals surface area contributed by atoms with E-state index in [-0.39, 0.29) is 11.9 Å². The molecule has 1 unspecified atom stereocenters. The highest BCUT2D eigenvalue weighted by atomic mass is 16.2. The predicted octanol–water partition coefficient (Wildman–Crippen LogP) is 2.40. The molecule has 0 radical (unpaired) electrons. The van der Waals surface area contributed by atoms with E-state index in [1.807, 2.05) is 11.9 Å². The summed E-state index contributed by atoms with van der Waals surface area (Å²) >= 11 is 0. The van der Waals surface area contributed by atoms with Crippen LogP contribution in [0.1, 0.15) is 51.9 Å². The number of hydrogen-bond donors (Lipinski definition) is 1. The Morgan fingerprint density at radius 3 is 2.11 bits per heavy atom. The van der Waals surface area contributed by atoms with Gasteiger partial charge in [-0.25, -0.2) is 0 Å². The molecule has 4 aliphatic carbocycles. The van der Waals surface area contributed by atoms with Crippen molar-refractivity contribution >= 4 is 5.91 Å². The van der Waals surface area contributed by atoms with Gasteiger partial charge >= 0.3 is 0 Å². The van der Waals surface area contributed by atoms with Crippen LogP contribution < -0.4 is 5.73 Å². The SMILES string of the molecule is CC(N)C(=O)N(C)CCC12CC3CC(CC(C3)C1)C2. The maximum absolute atomic E-state index is 11.9. The molecule has 4 rings (SSSR count). The van der Waals surface area contributed by atoms with Crippen LogP contribution in [0.4, 0.5) is 0 Å². The van der Waals surface area contributed by atoms with Gasteiger partial charge in [-0.05, 0) is 75.0 Å². The van der Waals surface area contributed by atoms with E-state index in [2.05, 4.69) is 0 Å². The molecular weight excluding hydrogens is 236 g/mol. The van der Waals surface area contributed by atoms with Crippen LogP contribution in [0.2, 0.25) is 0 Å². The van der Waals surface area contributed by atoms with Crippen molar-refractivity contribution in [3.63, 3.8) is 0 Å². The zero-order valence-electron chi connectivity index (χ0n) is 12.4. The van der Waals surface area contributed by atoms with E-state index in [1.54, 1.807) is 6.92 Å². The third-order valence-corrected chi connectivity index (χ3v) is 5.91. The van der Waals surface area contributed by atoms with Crippen LogP contribution in [0.5, 0.6) is 0 Å². The molecule has 0 aromatic carbocycles. The van der Waals surface area contributed by atoms with Crippen molar-refractivity contribution in [1.29, 1.82) is 0 Å². The summed E-state index contributed by atoms with van der Waals surface area (Å²) in [5.74, 6) is 3.09. The first-order valence-electron chi connectivity index (χ1n) is 7.98. The zero-order valence-corrected chi connectivity index (χ0v) is 12.4. The maximum atomic E-state index is 11.9. The summed E-state index contributed by atoms with van der Waals surface area (Å²) in [5, 5.41) is 0. The molecule has 0 spiro atoms. The highest BCUT2D eigenvalue weighted by molar-refractivity contribution is 5.80. The van der Waals surface area contributed by atoms with Crippen molar-refractivity contribution in [2.24, 2.45) is 28.9 Å². The molecule has 0 heterocycles. The smallest absolute Gasteiger partial charge is 0.238 e. The molecule has 3 heteroatoms. The second-order valence-electron chi connectivity index (χ2n) is 7.72. The molecule has 4 fully saturated rings. The Bertz CT molecular complexity index is 328. The normalized spacial score (nSPS) is 41.3. The quantitative estimate of drug-likeness (QED) is 0.847. The molecule has 19 heavy (non-hydrogen) atoms. The van der Waals surface area contributed by atoms with Gasteiger partial charge in [-0.1, -0.05) is 0 Å². The van der Waals surface area contributed by atoms with E-state index in [4.69, 9.17) is 5.73 Å². The number of rotatable bonds is 4. The van der Waals surface area contributed by atoms with E-state index in [0.717, 1.165) is 24.3 Å². The fourth-order valence-electron chi connectivity index (χ4n) is 5.46. The van der Waals surface area contributed by atoms with Crippen molar-refractivity contribution in [2.75, 3.05) is 13.6 Å². The van der Waals surface area contributed by atoms with Gasteiger partial charge in [0.15, 0.2) is 0 Å². The van der Waals surface area contributed by atoms with Gasteiger partial charge in [0.1, 0.15) is 0 Å².